The summed E-state index contributed by atoms with van der Waals surface area (Å²) < 4.78 is 10.5. The Hall–Kier alpha value is -2.89. The van der Waals surface area contributed by atoms with Gasteiger partial charge in [0.25, 0.3) is 0 Å². The molecular weight excluding hydrogens is 330 g/mol. The van der Waals surface area contributed by atoms with Gasteiger partial charge in [0, 0.05) is 32.4 Å². The quantitative estimate of drug-likeness (QED) is 0.677. The SMILES string of the molecule is COc1ccc(CNC(=O)NCCCN(C)c2ccccc2)cc1OC. The molecule has 6 nitrogen and oxygen atoms in total. The van der Waals surface area contributed by atoms with Crippen molar-refractivity contribution in [2.75, 3.05) is 39.3 Å². The van der Waals surface area contributed by atoms with E-state index in [1.165, 1.54) is 5.69 Å². The number of benzene rings is 2. The van der Waals surface area contributed by atoms with E-state index >= 15 is 0 Å². The molecule has 0 radical (unpaired) electrons. The highest BCUT2D eigenvalue weighted by Gasteiger charge is 2.06. The molecule has 0 fully saturated rings. The molecule has 0 aliphatic carbocycles. The number of anilines is 1. The number of carbonyl (C=O) groups excluding carboxylic acids is 1. The highest BCUT2D eigenvalue weighted by molar-refractivity contribution is 5.73. The molecule has 0 aliphatic heterocycles. The van der Waals surface area contributed by atoms with Crippen LogP contribution < -0.4 is 25.0 Å². The van der Waals surface area contributed by atoms with Gasteiger partial charge in [-0.1, -0.05) is 24.3 Å². The number of ether oxygens (including phenoxy) is 2. The molecule has 140 valence electrons. The number of amides is 2. The Morgan fingerprint density at radius 1 is 1.00 bits per heavy atom. The van der Waals surface area contributed by atoms with Crippen LogP contribution >= 0.6 is 0 Å². The Balaban J connectivity index is 1.68. The lowest BCUT2D eigenvalue weighted by Crippen LogP contribution is -2.36. The van der Waals surface area contributed by atoms with E-state index in [1.807, 2.05) is 43.4 Å². The third kappa shape index (κ3) is 5.88. The molecule has 0 bridgehead atoms. The lowest BCUT2D eigenvalue weighted by Gasteiger charge is -2.19. The molecule has 0 saturated heterocycles. The Morgan fingerprint density at radius 3 is 2.42 bits per heavy atom. The monoisotopic (exact) mass is 357 g/mol. The summed E-state index contributed by atoms with van der Waals surface area (Å²) in [5.74, 6) is 1.32. The van der Waals surface area contributed by atoms with E-state index in [1.54, 1.807) is 14.2 Å². The molecule has 0 saturated carbocycles. The first-order chi connectivity index (χ1) is 12.6. The summed E-state index contributed by atoms with van der Waals surface area (Å²) in [5, 5.41) is 5.73. The number of methoxy groups -OCH3 is 2. The number of rotatable bonds is 9. The molecular formula is C20H27N3O3. The van der Waals surface area contributed by atoms with Crippen LogP contribution in [-0.4, -0.2) is 40.4 Å². The van der Waals surface area contributed by atoms with Crippen LogP contribution in [-0.2, 0) is 6.54 Å². The molecule has 2 aromatic rings. The van der Waals surface area contributed by atoms with Crippen molar-refractivity contribution in [1.82, 2.24) is 10.6 Å². The largest absolute Gasteiger partial charge is 0.493 e. The van der Waals surface area contributed by atoms with Crippen LogP contribution in [0, 0.1) is 0 Å². The van der Waals surface area contributed by atoms with Crippen molar-refractivity contribution in [2.24, 2.45) is 0 Å². The van der Waals surface area contributed by atoms with Crippen molar-refractivity contribution in [3.63, 3.8) is 0 Å². The summed E-state index contributed by atoms with van der Waals surface area (Å²) in [5.41, 5.74) is 2.12. The maximum Gasteiger partial charge on any atom is 0.315 e. The zero-order valence-corrected chi connectivity index (χ0v) is 15.6. The van der Waals surface area contributed by atoms with Gasteiger partial charge < -0.3 is 25.0 Å². The van der Waals surface area contributed by atoms with E-state index in [0.717, 1.165) is 18.5 Å². The first-order valence-corrected chi connectivity index (χ1v) is 8.63. The van der Waals surface area contributed by atoms with E-state index in [9.17, 15) is 4.79 Å². The van der Waals surface area contributed by atoms with Gasteiger partial charge in [-0.2, -0.15) is 0 Å². The molecule has 0 aliphatic rings. The fourth-order valence-corrected chi connectivity index (χ4v) is 2.57. The zero-order valence-electron chi connectivity index (χ0n) is 15.6. The first kappa shape index (κ1) is 19.4. The molecule has 0 spiro atoms. The van der Waals surface area contributed by atoms with E-state index in [2.05, 4.69) is 27.7 Å². The number of nitrogens with zero attached hydrogens (tertiary/aromatic N) is 1. The van der Waals surface area contributed by atoms with E-state index in [0.29, 0.717) is 24.6 Å². The fourth-order valence-electron chi connectivity index (χ4n) is 2.57. The van der Waals surface area contributed by atoms with Crippen LogP contribution in [0.4, 0.5) is 10.5 Å². The molecule has 2 rings (SSSR count). The second kappa shape index (κ2) is 10.2. The number of carbonyl (C=O) groups is 1. The second-order valence-corrected chi connectivity index (χ2v) is 5.91. The number of hydrogen-bond donors (Lipinski definition) is 2. The minimum absolute atomic E-state index is 0.179. The van der Waals surface area contributed by atoms with E-state index in [4.69, 9.17) is 9.47 Å². The van der Waals surface area contributed by atoms with Crippen molar-refractivity contribution >= 4 is 11.7 Å². The van der Waals surface area contributed by atoms with Gasteiger partial charge >= 0.3 is 6.03 Å². The first-order valence-electron chi connectivity index (χ1n) is 8.63. The molecule has 6 heteroatoms. The van der Waals surface area contributed by atoms with Gasteiger partial charge in [0.1, 0.15) is 0 Å². The van der Waals surface area contributed by atoms with Gasteiger partial charge in [0.15, 0.2) is 11.5 Å². The third-order valence-electron chi connectivity index (χ3n) is 4.05. The highest BCUT2D eigenvalue weighted by Crippen LogP contribution is 2.27. The Bertz CT molecular complexity index is 692. The summed E-state index contributed by atoms with van der Waals surface area (Å²) >= 11 is 0. The van der Waals surface area contributed by atoms with Crippen molar-refractivity contribution in [3.05, 3.63) is 54.1 Å². The van der Waals surface area contributed by atoms with Crippen LogP contribution in [0.15, 0.2) is 48.5 Å². The van der Waals surface area contributed by atoms with Crippen LogP contribution in [0.3, 0.4) is 0 Å². The maximum atomic E-state index is 11.9. The molecule has 2 amide bonds. The molecule has 0 aromatic heterocycles. The summed E-state index contributed by atoms with van der Waals surface area (Å²) in [6, 6.07) is 15.6. The fraction of sp³-hybridized carbons (Fsp3) is 0.350. The normalized spacial score (nSPS) is 10.1. The summed E-state index contributed by atoms with van der Waals surface area (Å²) in [6.45, 7) is 1.92. The average Bonchev–Trinajstić information content (AvgIpc) is 2.69. The molecule has 0 heterocycles. The van der Waals surface area contributed by atoms with Crippen LogP contribution in [0.25, 0.3) is 0 Å². The van der Waals surface area contributed by atoms with Crippen LogP contribution in [0.2, 0.25) is 0 Å². The number of nitrogens with one attached hydrogen (secondary N) is 2. The number of para-hydroxylation sites is 1. The standard InChI is InChI=1S/C20H27N3O3/c1-23(17-8-5-4-6-9-17)13-7-12-21-20(24)22-15-16-10-11-18(25-2)19(14-16)26-3/h4-6,8-11,14H,7,12-13,15H2,1-3H3,(H2,21,22,24). The molecule has 26 heavy (non-hydrogen) atoms. The van der Waals surface area contributed by atoms with E-state index in [-0.39, 0.29) is 6.03 Å². The minimum atomic E-state index is -0.179. The predicted molar refractivity (Wildman–Crippen MR) is 104 cm³/mol. The topological polar surface area (TPSA) is 62.8 Å². The number of urea groups is 1. The Kier molecular flexibility index (Phi) is 7.61. The zero-order chi connectivity index (χ0) is 18.8. The molecule has 0 atom stereocenters. The molecule has 2 aromatic carbocycles. The highest BCUT2D eigenvalue weighted by atomic mass is 16.5. The van der Waals surface area contributed by atoms with Gasteiger partial charge in [0.05, 0.1) is 14.2 Å². The number of hydrogen-bond acceptors (Lipinski definition) is 4. The van der Waals surface area contributed by atoms with Crippen molar-refractivity contribution in [3.8, 4) is 11.5 Å². The van der Waals surface area contributed by atoms with Crippen molar-refractivity contribution in [2.45, 2.75) is 13.0 Å². The third-order valence-corrected chi connectivity index (χ3v) is 4.05. The van der Waals surface area contributed by atoms with Crippen molar-refractivity contribution in [1.29, 1.82) is 0 Å². The predicted octanol–water partition coefficient (Wildman–Crippen LogP) is 3.03. The summed E-state index contributed by atoms with van der Waals surface area (Å²) in [4.78, 5) is 14.1. The van der Waals surface area contributed by atoms with Crippen LogP contribution in [0.5, 0.6) is 11.5 Å². The molecule has 0 unspecified atom stereocenters. The Labute approximate surface area is 155 Å². The van der Waals surface area contributed by atoms with Crippen LogP contribution in [0.1, 0.15) is 12.0 Å². The van der Waals surface area contributed by atoms with E-state index < -0.39 is 0 Å². The summed E-state index contributed by atoms with van der Waals surface area (Å²) in [7, 11) is 5.24. The average molecular weight is 357 g/mol. The Morgan fingerprint density at radius 2 is 1.73 bits per heavy atom. The lowest BCUT2D eigenvalue weighted by atomic mass is 10.2. The lowest BCUT2D eigenvalue weighted by molar-refractivity contribution is 0.240. The van der Waals surface area contributed by atoms with Gasteiger partial charge in [0.2, 0.25) is 0 Å². The van der Waals surface area contributed by atoms with Gasteiger partial charge in [-0.15, -0.1) is 0 Å². The van der Waals surface area contributed by atoms with Gasteiger partial charge in [-0.05, 0) is 36.2 Å². The smallest absolute Gasteiger partial charge is 0.315 e. The van der Waals surface area contributed by atoms with Gasteiger partial charge in [-0.3, -0.25) is 0 Å². The van der Waals surface area contributed by atoms with Gasteiger partial charge in [-0.25, -0.2) is 4.79 Å². The van der Waals surface area contributed by atoms with Crippen molar-refractivity contribution < 1.29 is 14.3 Å². The summed E-state index contributed by atoms with van der Waals surface area (Å²) in [6.07, 6.45) is 0.870. The second-order valence-electron chi connectivity index (χ2n) is 5.91. The maximum absolute atomic E-state index is 11.9. The minimum Gasteiger partial charge on any atom is -0.493 e. The molecule has 2 N–H and O–H groups in total.